The third-order valence-electron chi connectivity index (χ3n) is 5.66. The fraction of sp³-hybridized carbons (Fsp3) is 0.320. The summed E-state index contributed by atoms with van der Waals surface area (Å²) in [6.07, 6.45) is 5.43. The fourth-order valence-electron chi connectivity index (χ4n) is 3.91. The Morgan fingerprint density at radius 3 is 2.44 bits per heavy atom. The maximum absolute atomic E-state index is 12.7. The molecule has 1 aliphatic rings. The lowest BCUT2D eigenvalue weighted by Gasteiger charge is -2.21. The van der Waals surface area contributed by atoms with E-state index in [0.29, 0.717) is 31.7 Å². The van der Waals surface area contributed by atoms with Gasteiger partial charge in [-0.15, -0.1) is 0 Å². The summed E-state index contributed by atoms with van der Waals surface area (Å²) in [6.45, 7) is 3.81. The summed E-state index contributed by atoms with van der Waals surface area (Å²) in [6, 6.07) is 19.3. The zero-order valence-electron chi connectivity index (χ0n) is 18.2. The van der Waals surface area contributed by atoms with E-state index in [-0.39, 0.29) is 11.8 Å². The Morgan fingerprint density at radius 1 is 0.906 bits per heavy atom. The van der Waals surface area contributed by atoms with Gasteiger partial charge in [-0.25, -0.2) is 4.68 Å². The van der Waals surface area contributed by atoms with E-state index >= 15 is 0 Å². The first-order valence-corrected chi connectivity index (χ1v) is 11.1. The molecule has 1 saturated heterocycles. The summed E-state index contributed by atoms with van der Waals surface area (Å²) in [7, 11) is 0. The first-order chi connectivity index (χ1) is 15.7. The van der Waals surface area contributed by atoms with Crippen LogP contribution in [0.25, 0.3) is 5.69 Å². The maximum Gasteiger partial charge on any atom is 0.253 e. The van der Waals surface area contributed by atoms with Crippen molar-refractivity contribution < 1.29 is 9.59 Å². The van der Waals surface area contributed by atoms with Crippen LogP contribution in [0, 0.1) is 0 Å². The second-order valence-corrected chi connectivity index (χ2v) is 8.02. The number of nitrogens with one attached hydrogen (secondary N) is 1. The van der Waals surface area contributed by atoms with Gasteiger partial charge >= 0.3 is 0 Å². The normalized spacial score (nSPS) is 14.7. The standard InChI is InChI=1S/C25H29N5O2/c31-24(26-13-12-21-18-27-30(19-21)23-10-5-2-6-11-23)20-28-14-7-15-29(17-16-28)25(32)22-8-3-1-4-9-22/h1-6,8-11,18-19H,7,12-17,20H2,(H,26,31). The Bertz CT molecular complexity index is 1020. The third kappa shape index (κ3) is 5.82. The molecule has 0 bridgehead atoms. The van der Waals surface area contributed by atoms with Crippen LogP contribution in [0.4, 0.5) is 0 Å². The highest BCUT2D eigenvalue weighted by atomic mass is 16.2. The molecule has 4 rings (SSSR count). The van der Waals surface area contributed by atoms with Crippen LogP contribution in [0.15, 0.2) is 73.1 Å². The second kappa shape index (κ2) is 10.7. The molecule has 0 atom stereocenters. The Labute approximate surface area is 188 Å². The van der Waals surface area contributed by atoms with Gasteiger partial charge in [0.15, 0.2) is 0 Å². The van der Waals surface area contributed by atoms with Crippen molar-refractivity contribution >= 4 is 11.8 Å². The Kier molecular flexibility index (Phi) is 7.30. The van der Waals surface area contributed by atoms with E-state index in [1.165, 1.54) is 0 Å². The number of benzene rings is 2. The first kappa shape index (κ1) is 21.8. The van der Waals surface area contributed by atoms with Crippen molar-refractivity contribution in [2.45, 2.75) is 12.8 Å². The average molecular weight is 432 g/mol. The van der Waals surface area contributed by atoms with Gasteiger partial charge in [-0.1, -0.05) is 36.4 Å². The molecule has 0 spiro atoms. The van der Waals surface area contributed by atoms with Crippen LogP contribution in [0.2, 0.25) is 0 Å². The number of carbonyl (C=O) groups excluding carboxylic acids is 2. The van der Waals surface area contributed by atoms with Crippen LogP contribution >= 0.6 is 0 Å². The van der Waals surface area contributed by atoms with E-state index < -0.39 is 0 Å². The molecule has 1 aliphatic heterocycles. The van der Waals surface area contributed by atoms with Crippen LogP contribution < -0.4 is 5.32 Å². The number of hydrogen-bond acceptors (Lipinski definition) is 4. The highest BCUT2D eigenvalue weighted by Crippen LogP contribution is 2.10. The molecule has 0 unspecified atom stereocenters. The number of para-hydroxylation sites is 1. The van der Waals surface area contributed by atoms with Gasteiger partial charge in [0, 0.05) is 44.5 Å². The fourth-order valence-corrected chi connectivity index (χ4v) is 3.91. The summed E-state index contributed by atoms with van der Waals surface area (Å²) in [5.74, 6) is 0.0798. The molecule has 2 heterocycles. The SMILES string of the molecule is O=C(CN1CCCN(C(=O)c2ccccc2)CC1)NCCc1cnn(-c2ccccc2)c1. The predicted octanol–water partition coefficient (Wildman–Crippen LogP) is 2.38. The van der Waals surface area contributed by atoms with Gasteiger partial charge in [0.1, 0.15) is 0 Å². The van der Waals surface area contributed by atoms with Gasteiger partial charge in [0.2, 0.25) is 5.91 Å². The summed E-state index contributed by atoms with van der Waals surface area (Å²) < 4.78 is 1.84. The van der Waals surface area contributed by atoms with E-state index in [9.17, 15) is 9.59 Å². The van der Waals surface area contributed by atoms with Crippen LogP contribution in [-0.2, 0) is 11.2 Å². The van der Waals surface area contributed by atoms with Crippen molar-refractivity contribution in [3.63, 3.8) is 0 Å². The smallest absolute Gasteiger partial charge is 0.253 e. The summed E-state index contributed by atoms with van der Waals surface area (Å²) in [4.78, 5) is 29.1. The lowest BCUT2D eigenvalue weighted by atomic mass is 10.2. The highest BCUT2D eigenvalue weighted by Gasteiger charge is 2.21. The van der Waals surface area contributed by atoms with Crippen LogP contribution in [-0.4, -0.2) is 70.7 Å². The van der Waals surface area contributed by atoms with Crippen molar-refractivity contribution in [3.8, 4) is 5.69 Å². The summed E-state index contributed by atoms with van der Waals surface area (Å²) in [5, 5.41) is 7.40. The second-order valence-electron chi connectivity index (χ2n) is 8.02. The Hall–Kier alpha value is -3.45. The van der Waals surface area contributed by atoms with Crippen molar-refractivity contribution in [3.05, 3.63) is 84.2 Å². The molecular weight excluding hydrogens is 402 g/mol. The summed E-state index contributed by atoms with van der Waals surface area (Å²) >= 11 is 0. The zero-order chi connectivity index (χ0) is 22.2. The topological polar surface area (TPSA) is 70.5 Å². The molecule has 0 saturated carbocycles. The molecule has 3 aromatic rings. The number of rotatable bonds is 7. The van der Waals surface area contributed by atoms with Gasteiger partial charge in [-0.05, 0) is 42.7 Å². The van der Waals surface area contributed by atoms with E-state index in [2.05, 4.69) is 15.3 Å². The number of amides is 2. The molecule has 7 heteroatoms. The molecule has 0 radical (unpaired) electrons. The van der Waals surface area contributed by atoms with Crippen molar-refractivity contribution in [1.82, 2.24) is 24.9 Å². The largest absolute Gasteiger partial charge is 0.355 e. The van der Waals surface area contributed by atoms with E-state index in [4.69, 9.17) is 0 Å². The van der Waals surface area contributed by atoms with Gasteiger partial charge in [-0.3, -0.25) is 14.5 Å². The molecule has 1 fully saturated rings. The molecule has 1 aromatic heterocycles. The van der Waals surface area contributed by atoms with E-state index in [1.54, 1.807) is 0 Å². The molecule has 0 aliphatic carbocycles. The molecule has 7 nitrogen and oxygen atoms in total. The minimum Gasteiger partial charge on any atom is -0.355 e. The van der Waals surface area contributed by atoms with Crippen LogP contribution in [0.5, 0.6) is 0 Å². The van der Waals surface area contributed by atoms with Gasteiger partial charge in [0.05, 0.1) is 18.4 Å². The number of hydrogen-bond donors (Lipinski definition) is 1. The van der Waals surface area contributed by atoms with Crippen molar-refractivity contribution in [2.24, 2.45) is 0 Å². The van der Waals surface area contributed by atoms with Gasteiger partial charge in [0.25, 0.3) is 5.91 Å². The molecule has 32 heavy (non-hydrogen) atoms. The minimum atomic E-state index is 0.0169. The number of carbonyl (C=O) groups is 2. The highest BCUT2D eigenvalue weighted by molar-refractivity contribution is 5.94. The number of nitrogens with zero attached hydrogens (tertiary/aromatic N) is 4. The zero-order valence-corrected chi connectivity index (χ0v) is 18.2. The van der Waals surface area contributed by atoms with Gasteiger partial charge in [-0.2, -0.15) is 5.10 Å². The predicted molar refractivity (Wildman–Crippen MR) is 124 cm³/mol. The first-order valence-electron chi connectivity index (χ1n) is 11.1. The van der Waals surface area contributed by atoms with Crippen LogP contribution in [0.3, 0.4) is 0 Å². The van der Waals surface area contributed by atoms with E-state index in [1.807, 2.05) is 82.6 Å². The lowest BCUT2D eigenvalue weighted by Crippen LogP contribution is -2.40. The maximum atomic E-state index is 12.7. The summed E-state index contributed by atoms with van der Waals surface area (Å²) in [5.41, 5.74) is 2.82. The molecule has 166 valence electrons. The van der Waals surface area contributed by atoms with Crippen molar-refractivity contribution in [2.75, 3.05) is 39.3 Å². The lowest BCUT2D eigenvalue weighted by molar-refractivity contribution is -0.122. The van der Waals surface area contributed by atoms with Crippen LogP contribution in [0.1, 0.15) is 22.3 Å². The molecule has 2 aromatic carbocycles. The molecule has 1 N–H and O–H groups in total. The quantitative estimate of drug-likeness (QED) is 0.624. The monoisotopic (exact) mass is 431 g/mol. The van der Waals surface area contributed by atoms with E-state index in [0.717, 1.165) is 37.2 Å². The third-order valence-corrected chi connectivity index (χ3v) is 5.66. The Balaban J connectivity index is 1.19. The van der Waals surface area contributed by atoms with Crippen molar-refractivity contribution in [1.29, 1.82) is 0 Å². The van der Waals surface area contributed by atoms with Gasteiger partial charge < -0.3 is 10.2 Å². The minimum absolute atomic E-state index is 0.0169. The molecular formula is C25H29N5O2. The molecule has 2 amide bonds. The Morgan fingerprint density at radius 2 is 1.66 bits per heavy atom. The average Bonchev–Trinajstić information content (AvgIpc) is 3.18. The number of aromatic nitrogens is 2.